The Morgan fingerprint density at radius 2 is 2.08 bits per heavy atom. The van der Waals surface area contributed by atoms with E-state index < -0.39 is 5.97 Å². The van der Waals surface area contributed by atoms with Crippen molar-refractivity contribution in [1.82, 2.24) is 14.7 Å². The minimum Gasteiger partial charge on any atom is -0.461 e. The number of ether oxygens (including phenoxy) is 3. The highest BCUT2D eigenvalue weighted by Gasteiger charge is 2.30. The van der Waals surface area contributed by atoms with Crippen LogP contribution in [0.1, 0.15) is 39.0 Å². The molecule has 2 aliphatic heterocycles. The molecule has 0 bridgehead atoms. The lowest BCUT2D eigenvalue weighted by atomic mass is 10.0. The Bertz CT molecular complexity index is 889. The van der Waals surface area contributed by atoms with Gasteiger partial charge in [-0.05, 0) is 25.1 Å². The summed E-state index contributed by atoms with van der Waals surface area (Å²) in [6, 6.07) is 5.15. The molecule has 0 fully saturated rings. The maximum Gasteiger partial charge on any atom is 0.359 e. The monoisotopic (exact) mass is 357 g/mol. The number of hydrogen-bond acceptors (Lipinski definition) is 6. The van der Waals surface area contributed by atoms with Crippen molar-refractivity contribution in [3.8, 4) is 11.5 Å². The van der Waals surface area contributed by atoms with Crippen LogP contribution in [0, 0.1) is 0 Å². The normalized spacial score (nSPS) is 14.9. The van der Waals surface area contributed by atoms with Crippen molar-refractivity contribution in [1.29, 1.82) is 0 Å². The number of aryl methyl sites for hydroxylation is 1. The summed E-state index contributed by atoms with van der Waals surface area (Å²) in [6.45, 7) is 3.08. The summed E-state index contributed by atoms with van der Waals surface area (Å²) in [5, 5.41) is 4.29. The van der Waals surface area contributed by atoms with Crippen molar-refractivity contribution in [2.45, 2.75) is 19.9 Å². The van der Waals surface area contributed by atoms with E-state index in [1.54, 1.807) is 41.8 Å². The predicted molar refractivity (Wildman–Crippen MR) is 90.2 cm³/mol. The Labute approximate surface area is 150 Å². The highest BCUT2D eigenvalue weighted by Crippen LogP contribution is 2.33. The first-order chi connectivity index (χ1) is 12.6. The standard InChI is InChI=1S/C18H19N3O5/c1-3-24-18(23)16-12-9-21(7-6-13(12)20(2)19-16)17(22)11-4-5-14-15(8-11)26-10-25-14/h4-5,8H,3,6-7,9-10H2,1-2H3. The fourth-order valence-electron chi connectivity index (χ4n) is 3.34. The number of aromatic nitrogens is 2. The van der Waals surface area contributed by atoms with Crippen LogP contribution in [0.5, 0.6) is 11.5 Å². The number of rotatable bonds is 3. The molecule has 0 atom stereocenters. The summed E-state index contributed by atoms with van der Waals surface area (Å²) in [6.07, 6.45) is 0.633. The van der Waals surface area contributed by atoms with Crippen molar-refractivity contribution in [3.63, 3.8) is 0 Å². The molecule has 2 aliphatic rings. The van der Waals surface area contributed by atoms with Crippen LogP contribution in [0.25, 0.3) is 0 Å². The molecule has 0 aliphatic carbocycles. The smallest absolute Gasteiger partial charge is 0.359 e. The van der Waals surface area contributed by atoms with Crippen molar-refractivity contribution in [2.75, 3.05) is 19.9 Å². The topological polar surface area (TPSA) is 82.9 Å². The largest absolute Gasteiger partial charge is 0.461 e. The Kier molecular flexibility index (Phi) is 4.02. The summed E-state index contributed by atoms with van der Waals surface area (Å²) in [4.78, 5) is 26.8. The van der Waals surface area contributed by atoms with E-state index in [2.05, 4.69) is 5.10 Å². The number of hydrogen-bond donors (Lipinski definition) is 0. The maximum atomic E-state index is 12.9. The summed E-state index contributed by atoms with van der Waals surface area (Å²) >= 11 is 0. The second-order valence-corrected chi connectivity index (χ2v) is 6.16. The van der Waals surface area contributed by atoms with Gasteiger partial charge in [0.25, 0.3) is 5.91 Å². The molecule has 26 heavy (non-hydrogen) atoms. The molecule has 3 heterocycles. The van der Waals surface area contributed by atoms with Crippen LogP contribution in [0.4, 0.5) is 0 Å². The molecule has 0 N–H and O–H groups in total. The average Bonchev–Trinajstić information content (AvgIpc) is 3.25. The maximum absolute atomic E-state index is 12.9. The first-order valence-electron chi connectivity index (χ1n) is 8.49. The summed E-state index contributed by atoms with van der Waals surface area (Å²) < 4.78 is 17.4. The molecule has 1 aromatic carbocycles. The van der Waals surface area contributed by atoms with Crippen LogP contribution in [-0.4, -0.2) is 46.5 Å². The minimum absolute atomic E-state index is 0.118. The highest BCUT2D eigenvalue weighted by atomic mass is 16.7. The van der Waals surface area contributed by atoms with Crippen LogP contribution in [0.3, 0.4) is 0 Å². The van der Waals surface area contributed by atoms with E-state index in [0.717, 1.165) is 11.3 Å². The van der Waals surface area contributed by atoms with Crippen LogP contribution < -0.4 is 9.47 Å². The molecule has 8 nitrogen and oxygen atoms in total. The van der Waals surface area contributed by atoms with Crippen LogP contribution >= 0.6 is 0 Å². The molecule has 8 heteroatoms. The van der Waals surface area contributed by atoms with Gasteiger partial charge in [0.05, 0.1) is 13.2 Å². The van der Waals surface area contributed by atoms with E-state index >= 15 is 0 Å². The van der Waals surface area contributed by atoms with Gasteiger partial charge in [-0.3, -0.25) is 9.48 Å². The third kappa shape index (κ3) is 2.67. The van der Waals surface area contributed by atoms with E-state index in [0.29, 0.717) is 36.6 Å². The lowest BCUT2D eigenvalue weighted by Gasteiger charge is -2.27. The molecule has 1 aromatic heterocycles. The molecule has 136 valence electrons. The van der Waals surface area contributed by atoms with Crippen molar-refractivity contribution in [2.24, 2.45) is 7.05 Å². The van der Waals surface area contributed by atoms with E-state index in [4.69, 9.17) is 14.2 Å². The fraction of sp³-hybridized carbons (Fsp3) is 0.389. The van der Waals surface area contributed by atoms with Gasteiger partial charge in [0.2, 0.25) is 6.79 Å². The summed E-state index contributed by atoms with van der Waals surface area (Å²) in [5.74, 6) is 0.635. The van der Waals surface area contributed by atoms with Gasteiger partial charge in [-0.2, -0.15) is 5.10 Å². The van der Waals surface area contributed by atoms with E-state index in [1.807, 2.05) is 0 Å². The van der Waals surface area contributed by atoms with E-state index in [9.17, 15) is 9.59 Å². The number of fused-ring (bicyclic) bond motifs is 2. The van der Waals surface area contributed by atoms with Crippen molar-refractivity contribution >= 4 is 11.9 Å². The number of esters is 1. The zero-order valence-electron chi connectivity index (χ0n) is 14.7. The zero-order chi connectivity index (χ0) is 18.3. The Hall–Kier alpha value is -3.03. The Balaban J connectivity index is 1.60. The second kappa shape index (κ2) is 6.36. The highest BCUT2D eigenvalue weighted by molar-refractivity contribution is 5.95. The lowest BCUT2D eigenvalue weighted by molar-refractivity contribution is 0.0513. The van der Waals surface area contributed by atoms with Gasteiger partial charge in [0.15, 0.2) is 17.2 Å². The number of nitrogens with zero attached hydrogens (tertiary/aromatic N) is 3. The molecule has 0 spiro atoms. The molecule has 0 saturated carbocycles. The molecule has 4 rings (SSSR count). The third-order valence-electron chi connectivity index (χ3n) is 4.62. The van der Waals surface area contributed by atoms with Crippen molar-refractivity contribution in [3.05, 3.63) is 40.7 Å². The molecule has 2 aromatic rings. The Morgan fingerprint density at radius 1 is 1.27 bits per heavy atom. The quantitative estimate of drug-likeness (QED) is 0.775. The van der Waals surface area contributed by atoms with Gasteiger partial charge < -0.3 is 19.1 Å². The molecule has 1 amide bonds. The lowest BCUT2D eigenvalue weighted by Crippen LogP contribution is -2.36. The first kappa shape index (κ1) is 16.4. The molecule has 0 unspecified atom stereocenters. The third-order valence-corrected chi connectivity index (χ3v) is 4.62. The van der Waals surface area contributed by atoms with Crippen LogP contribution in [0.2, 0.25) is 0 Å². The van der Waals surface area contributed by atoms with Gasteiger partial charge >= 0.3 is 5.97 Å². The number of carbonyl (C=O) groups is 2. The molecular weight excluding hydrogens is 338 g/mol. The van der Waals surface area contributed by atoms with E-state index in [1.165, 1.54) is 0 Å². The van der Waals surface area contributed by atoms with Gasteiger partial charge in [-0.25, -0.2) is 4.79 Å². The van der Waals surface area contributed by atoms with Gasteiger partial charge in [0.1, 0.15) is 0 Å². The minimum atomic E-state index is -0.457. The van der Waals surface area contributed by atoms with Crippen LogP contribution in [-0.2, 0) is 24.8 Å². The average molecular weight is 357 g/mol. The Morgan fingerprint density at radius 3 is 2.88 bits per heavy atom. The summed E-state index contributed by atoms with van der Waals surface area (Å²) in [5.41, 5.74) is 2.53. The van der Waals surface area contributed by atoms with Gasteiger partial charge in [0, 0.05) is 36.8 Å². The van der Waals surface area contributed by atoms with Crippen molar-refractivity contribution < 1.29 is 23.8 Å². The fourth-order valence-corrected chi connectivity index (χ4v) is 3.34. The molecular formula is C18H19N3O5. The number of benzene rings is 1. The first-order valence-corrected chi connectivity index (χ1v) is 8.49. The number of carbonyl (C=O) groups excluding carboxylic acids is 2. The van der Waals surface area contributed by atoms with Gasteiger partial charge in [-0.1, -0.05) is 0 Å². The van der Waals surface area contributed by atoms with Crippen LogP contribution in [0.15, 0.2) is 18.2 Å². The summed E-state index contributed by atoms with van der Waals surface area (Å²) in [7, 11) is 1.80. The molecule has 0 radical (unpaired) electrons. The van der Waals surface area contributed by atoms with Gasteiger partial charge in [-0.15, -0.1) is 0 Å². The second-order valence-electron chi connectivity index (χ2n) is 6.16. The number of amides is 1. The van der Waals surface area contributed by atoms with E-state index in [-0.39, 0.29) is 25.0 Å². The SMILES string of the molecule is CCOC(=O)c1nn(C)c2c1CN(C(=O)c1ccc3c(c1)OCO3)CC2. The molecule has 0 saturated heterocycles. The predicted octanol–water partition coefficient (Wildman–Crippen LogP) is 1.52. The zero-order valence-corrected chi connectivity index (χ0v) is 14.7.